The Hall–Kier alpha value is -1.77. The zero-order chi connectivity index (χ0) is 12.0. The number of anilines is 1. The predicted molar refractivity (Wildman–Crippen MR) is 65.8 cm³/mol. The monoisotopic (exact) mass is 219 g/mol. The number of rotatable bonds is 4. The molecule has 1 rings (SSSR count). The van der Waals surface area contributed by atoms with Crippen LogP contribution in [0, 0.1) is 0 Å². The van der Waals surface area contributed by atoms with Gasteiger partial charge in [0.25, 0.3) is 0 Å². The molecule has 16 heavy (non-hydrogen) atoms. The summed E-state index contributed by atoms with van der Waals surface area (Å²) in [6, 6.07) is 7.41. The molecule has 0 bridgehead atoms. The van der Waals surface area contributed by atoms with Crippen LogP contribution in [0.2, 0.25) is 0 Å². The van der Waals surface area contributed by atoms with Gasteiger partial charge >= 0.3 is 5.97 Å². The van der Waals surface area contributed by atoms with Gasteiger partial charge in [-0.2, -0.15) is 0 Å². The van der Waals surface area contributed by atoms with Gasteiger partial charge in [0.1, 0.15) is 0 Å². The molecule has 0 aromatic heterocycles. The Morgan fingerprint density at radius 2 is 2.19 bits per heavy atom. The van der Waals surface area contributed by atoms with Gasteiger partial charge in [-0.3, -0.25) is 0 Å². The third-order valence-corrected chi connectivity index (χ3v) is 2.17. The fraction of sp³-hybridized carbons (Fsp3) is 0.308. The highest BCUT2D eigenvalue weighted by Gasteiger charge is 2.07. The molecule has 0 fully saturated rings. The number of benzene rings is 1. The minimum Gasteiger partial charge on any atom is -0.463 e. The first-order valence-electron chi connectivity index (χ1n) is 5.40. The topological polar surface area (TPSA) is 52.3 Å². The summed E-state index contributed by atoms with van der Waals surface area (Å²) in [6.07, 6.45) is 2.46. The highest BCUT2D eigenvalue weighted by molar-refractivity contribution is 5.93. The molecule has 1 aromatic carbocycles. The molecule has 0 amide bonds. The number of esters is 1. The molecule has 0 atom stereocenters. The summed E-state index contributed by atoms with van der Waals surface area (Å²) in [4.78, 5) is 11.5. The molecular formula is C13H17NO2. The molecular weight excluding hydrogens is 202 g/mol. The summed E-state index contributed by atoms with van der Waals surface area (Å²) in [7, 11) is 0. The van der Waals surface area contributed by atoms with Gasteiger partial charge < -0.3 is 10.5 Å². The Morgan fingerprint density at radius 3 is 2.75 bits per heavy atom. The van der Waals surface area contributed by atoms with Gasteiger partial charge in [-0.05, 0) is 37.1 Å². The average Bonchev–Trinajstić information content (AvgIpc) is 2.26. The quantitative estimate of drug-likeness (QED) is 0.481. The molecule has 0 radical (unpaired) electrons. The van der Waals surface area contributed by atoms with Gasteiger partial charge in [-0.25, -0.2) is 4.79 Å². The van der Waals surface area contributed by atoms with Crippen molar-refractivity contribution in [1.82, 2.24) is 0 Å². The normalized spacial score (nSPS) is 11.2. The van der Waals surface area contributed by atoms with Crippen LogP contribution in [-0.2, 0) is 9.53 Å². The van der Waals surface area contributed by atoms with Crippen molar-refractivity contribution in [1.29, 1.82) is 0 Å². The van der Waals surface area contributed by atoms with Crippen molar-refractivity contribution < 1.29 is 9.53 Å². The van der Waals surface area contributed by atoms with Gasteiger partial charge in [0, 0.05) is 11.3 Å². The van der Waals surface area contributed by atoms with E-state index in [0.717, 1.165) is 5.56 Å². The standard InChI is InChI=1S/C13H17NO2/c1-3-11(13(15)16-4-2)8-10-6-5-7-12(14)9-10/h5-9H,3-4,14H2,1-2H3. The summed E-state index contributed by atoms with van der Waals surface area (Å²) in [6.45, 7) is 4.12. The van der Waals surface area contributed by atoms with E-state index < -0.39 is 0 Å². The molecule has 0 saturated carbocycles. The smallest absolute Gasteiger partial charge is 0.333 e. The van der Waals surface area contributed by atoms with Crippen LogP contribution in [-0.4, -0.2) is 12.6 Å². The van der Waals surface area contributed by atoms with Gasteiger partial charge in [0.15, 0.2) is 0 Å². The van der Waals surface area contributed by atoms with Crippen molar-refractivity contribution in [3.63, 3.8) is 0 Å². The lowest BCUT2D eigenvalue weighted by Crippen LogP contribution is -2.06. The summed E-state index contributed by atoms with van der Waals surface area (Å²) < 4.78 is 4.96. The SMILES string of the molecule is CCOC(=O)C(=Cc1cccc(N)c1)CC. The number of carbonyl (C=O) groups is 1. The third-order valence-electron chi connectivity index (χ3n) is 2.17. The molecule has 0 aliphatic carbocycles. The molecule has 0 aliphatic rings. The molecule has 0 heterocycles. The van der Waals surface area contributed by atoms with Gasteiger partial charge in [-0.1, -0.05) is 19.1 Å². The Balaban J connectivity index is 2.91. The molecule has 3 heteroatoms. The Morgan fingerprint density at radius 1 is 1.44 bits per heavy atom. The molecule has 0 aliphatic heterocycles. The van der Waals surface area contributed by atoms with Crippen LogP contribution in [0.5, 0.6) is 0 Å². The second-order valence-electron chi connectivity index (χ2n) is 3.41. The fourth-order valence-electron chi connectivity index (χ4n) is 1.38. The van der Waals surface area contributed by atoms with Crippen LogP contribution in [0.15, 0.2) is 29.8 Å². The highest BCUT2D eigenvalue weighted by Crippen LogP contribution is 2.13. The number of nitrogen functional groups attached to an aromatic ring is 1. The van der Waals surface area contributed by atoms with E-state index in [0.29, 0.717) is 24.3 Å². The van der Waals surface area contributed by atoms with Crippen LogP contribution in [0.25, 0.3) is 6.08 Å². The lowest BCUT2D eigenvalue weighted by molar-refractivity contribution is -0.138. The van der Waals surface area contributed by atoms with Crippen molar-refractivity contribution >= 4 is 17.7 Å². The zero-order valence-electron chi connectivity index (χ0n) is 9.69. The summed E-state index contributed by atoms with van der Waals surface area (Å²) >= 11 is 0. The van der Waals surface area contributed by atoms with Crippen LogP contribution in [0.4, 0.5) is 5.69 Å². The number of carbonyl (C=O) groups excluding carboxylic acids is 1. The van der Waals surface area contributed by atoms with E-state index in [-0.39, 0.29) is 5.97 Å². The molecule has 2 N–H and O–H groups in total. The third kappa shape index (κ3) is 3.42. The van der Waals surface area contributed by atoms with Gasteiger partial charge in [0.2, 0.25) is 0 Å². The first-order valence-corrected chi connectivity index (χ1v) is 5.40. The molecule has 3 nitrogen and oxygen atoms in total. The number of ether oxygens (including phenoxy) is 1. The van der Waals surface area contributed by atoms with E-state index in [4.69, 9.17) is 10.5 Å². The van der Waals surface area contributed by atoms with Crippen LogP contribution in [0.1, 0.15) is 25.8 Å². The number of hydrogen-bond acceptors (Lipinski definition) is 3. The zero-order valence-corrected chi connectivity index (χ0v) is 9.69. The lowest BCUT2D eigenvalue weighted by Gasteiger charge is -2.04. The van der Waals surface area contributed by atoms with E-state index in [1.54, 1.807) is 6.92 Å². The molecule has 1 aromatic rings. The minimum absolute atomic E-state index is 0.257. The lowest BCUT2D eigenvalue weighted by atomic mass is 10.1. The number of nitrogens with two attached hydrogens (primary N) is 1. The van der Waals surface area contributed by atoms with Gasteiger partial charge in [0.05, 0.1) is 6.61 Å². The van der Waals surface area contributed by atoms with Crippen LogP contribution in [0.3, 0.4) is 0 Å². The second kappa shape index (κ2) is 5.95. The Labute approximate surface area is 95.9 Å². The van der Waals surface area contributed by atoms with Crippen molar-refractivity contribution in [3.05, 3.63) is 35.4 Å². The summed E-state index contributed by atoms with van der Waals surface area (Å²) in [5.41, 5.74) is 7.93. The van der Waals surface area contributed by atoms with E-state index in [9.17, 15) is 4.79 Å². The van der Waals surface area contributed by atoms with Gasteiger partial charge in [-0.15, -0.1) is 0 Å². The summed E-state index contributed by atoms with van der Waals surface area (Å²) in [5, 5.41) is 0. The van der Waals surface area contributed by atoms with Crippen molar-refractivity contribution in [3.8, 4) is 0 Å². The molecule has 0 spiro atoms. The second-order valence-corrected chi connectivity index (χ2v) is 3.41. The molecule has 86 valence electrons. The largest absolute Gasteiger partial charge is 0.463 e. The van der Waals surface area contributed by atoms with Crippen molar-refractivity contribution in [2.75, 3.05) is 12.3 Å². The first-order chi connectivity index (χ1) is 7.67. The van der Waals surface area contributed by atoms with Crippen LogP contribution < -0.4 is 5.73 Å². The predicted octanol–water partition coefficient (Wildman–Crippen LogP) is 2.63. The summed E-state index contributed by atoms with van der Waals surface area (Å²) in [5.74, 6) is -0.257. The van der Waals surface area contributed by atoms with E-state index in [2.05, 4.69) is 0 Å². The van der Waals surface area contributed by atoms with E-state index >= 15 is 0 Å². The maximum Gasteiger partial charge on any atom is 0.333 e. The van der Waals surface area contributed by atoms with E-state index in [1.807, 2.05) is 37.3 Å². The average molecular weight is 219 g/mol. The Kier molecular flexibility index (Phi) is 4.58. The van der Waals surface area contributed by atoms with E-state index in [1.165, 1.54) is 0 Å². The Bertz CT molecular complexity index is 397. The highest BCUT2D eigenvalue weighted by atomic mass is 16.5. The molecule has 0 saturated heterocycles. The fourth-order valence-corrected chi connectivity index (χ4v) is 1.38. The van der Waals surface area contributed by atoms with Crippen molar-refractivity contribution in [2.24, 2.45) is 0 Å². The van der Waals surface area contributed by atoms with Crippen LogP contribution >= 0.6 is 0 Å². The molecule has 0 unspecified atom stereocenters. The maximum atomic E-state index is 11.5. The minimum atomic E-state index is -0.257. The maximum absolute atomic E-state index is 11.5. The number of hydrogen-bond donors (Lipinski definition) is 1. The van der Waals surface area contributed by atoms with Crippen molar-refractivity contribution in [2.45, 2.75) is 20.3 Å². The first kappa shape index (κ1) is 12.3.